The highest BCUT2D eigenvalue weighted by molar-refractivity contribution is 7.91. The van der Waals surface area contributed by atoms with Crippen LogP contribution in [-0.4, -0.2) is 50.7 Å². The number of aromatic nitrogens is 4. The average Bonchev–Trinajstić information content (AvgIpc) is 3.70. The van der Waals surface area contributed by atoms with Gasteiger partial charge in [-0.15, -0.1) is 0 Å². The van der Waals surface area contributed by atoms with Crippen molar-refractivity contribution in [1.29, 1.82) is 5.26 Å². The van der Waals surface area contributed by atoms with E-state index in [4.69, 9.17) is 14.8 Å². The van der Waals surface area contributed by atoms with Crippen molar-refractivity contribution < 1.29 is 31.8 Å². The van der Waals surface area contributed by atoms with Crippen molar-refractivity contribution in [3.8, 4) is 29.0 Å². The molecule has 0 spiro atoms. The van der Waals surface area contributed by atoms with Gasteiger partial charge < -0.3 is 14.8 Å². The summed E-state index contributed by atoms with van der Waals surface area (Å²) in [6.07, 6.45) is 3.16. The lowest BCUT2D eigenvalue weighted by Gasteiger charge is -2.32. The first-order valence-electron chi connectivity index (χ1n) is 17.2. The summed E-state index contributed by atoms with van der Waals surface area (Å²) < 4.78 is 66.3. The molecule has 0 amide bonds. The molecular formula is C39H41F2N5O5S. The molecule has 13 heteroatoms. The van der Waals surface area contributed by atoms with Gasteiger partial charge in [0, 0.05) is 35.8 Å². The van der Waals surface area contributed by atoms with Crippen LogP contribution in [0.1, 0.15) is 69.0 Å². The molecule has 0 saturated heterocycles. The van der Waals surface area contributed by atoms with E-state index in [2.05, 4.69) is 11.1 Å². The number of aliphatic carboxylic acids is 1. The van der Waals surface area contributed by atoms with Gasteiger partial charge in [-0.25, -0.2) is 26.9 Å². The summed E-state index contributed by atoms with van der Waals surface area (Å²) in [5.41, 5.74) is 0.579. The van der Waals surface area contributed by atoms with Crippen molar-refractivity contribution in [1.82, 2.24) is 19.7 Å². The van der Waals surface area contributed by atoms with Crippen LogP contribution < -0.4 is 4.74 Å². The highest BCUT2D eigenvalue weighted by Crippen LogP contribution is 2.43. The van der Waals surface area contributed by atoms with E-state index in [1.54, 1.807) is 26.2 Å². The van der Waals surface area contributed by atoms with Crippen molar-refractivity contribution in [2.24, 2.45) is 18.4 Å². The molecule has 3 heterocycles. The summed E-state index contributed by atoms with van der Waals surface area (Å²) in [5.74, 6) is -2.91. The average molecular weight is 730 g/mol. The Morgan fingerprint density at radius 2 is 1.92 bits per heavy atom. The number of nitrogens with one attached hydrogen (secondary N) is 1. The SMILES string of the molecule is CC(Cc1cccc(C2(CC#N)CCCC(C)(C)CS(=O)(=O)CCc3c(c(F)cc4[nH]ccc34)Oc3ccc(F)c(c3)-c3nc2nn3C)c1)C(=O)O. The van der Waals surface area contributed by atoms with Crippen molar-refractivity contribution in [3.05, 3.63) is 94.9 Å². The Kier molecular flexibility index (Phi) is 9.98. The van der Waals surface area contributed by atoms with Crippen molar-refractivity contribution in [2.75, 3.05) is 11.5 Å². The predicted molar refractivity (Wildman–Crippen MR) is 193 cm³/mol. The van der Waals surface area contributed by atoms with E-state index in [-0.39, 0.29) is 59.5 Å². The number of rotatable bonds is 5. The van der Waals surface area contributed by atoms with E-state index in [0.29, 0.717) is 41.3 Å². The number of hydrogen-bond acceptors (Lipinski definition) is 7. The minimum atomic E-state index is -3.66. The zero-order valence-corrected chi connectivity index (χ0v) is 30.4. The minimum absolute atomic E-state index is 0.0112. The standard InChI is InChI=1S/C39H41F2N5O5S/c1-24(36(47)48)19-25-7-5-8-26(20-25)39(15-16-42)14-6-13-38(2,3)23-52(49,50)18-12-29-28-11-17-43-33(28)22-32(41)34(29)51-27-9-10-31(40)30(21-27)35-44-37(39)45-46(35)4/h5,7-11,17,20-22,24,43H,6,12-15,18-19,23H2,1-4H3,(H,47,48). The summed E-state index contributed by atoms with van der Waals surface area (Å²) in [4.78, 5) is 19.5. The molecule has 272 valence electrons. The highest BCUT2D eigenvalue weighted by atomic mass is 32.2. The third kappa shape index (κ3) is 7.44. The van der Waals surface area contributed by atoms with Crippen LogP contribution in [0, 0.1) is 34.3 Å². The number of nitriles is 1. The number of carboxylic acid groups (broad SMARTS) is 1. The Labute approximate surface area is 301 Å². The first kappa shape index (κ1) is 36.7. The number of carbonyl (C=O) groups is 1. The van der Waals surface area contributed by atoms with Crippen LogP contribution in [0.3, 0.4) is 0 Å². The summed E-state index contributed by atoms with van der Waals surface area (Å²) in [5, 5.41) is 25.2. The molecule has 0 saturated carbocycles. The highest BCUT2D eigenvalue weighted by Gasteiger charge is 2.40. The molecule has 0 fully saturated rings. The molecule has 1 aliphatic heterocycles. The third-order valence-electron chi connectivity index (χ3n) is 10.0. The molecule has 6 rings (SSSR count). The van der Waals surface area contributed by atoms with Gasteiger partial charge in [0.25, 0.3) is 0 Å². The second kappa shape index (κ2) is 14.1. The van der Waals surface area contributed by atoms with Gasteiger partial charge in [0.1, 0.15) is 11.6 Å². The van der Waals surface area contributed by atoms with Gasteiger partial charge in [0.05, 0.1) is 40.9 Å². The van der Waals surface area contributed by atoms with Gasteiger partial charge in [0.15, 0.2) is 33.1 Å². The maximum atomic E-state index is 15.7. The molecule has 3 aromatic carbocycles. The number of halogens is 2. The van der Waals surface area contributed by atoms with E-state index in [0.717, 1.165) is 5.56 Å². The number of sulfone groups is 1. The van der Waals surface area contributed by atoms with Crippen LogP contribution in [0.15, 0.2) is 60.8 Å². The Morgan fingerprint density at radius 3 is 2.67 bits per heavy atom. The monoisotopic (exact) mass is 729 g/mol. The van der Waals surface area contributed by atoms with Crippen molar-refractivity contribution in [2.45, 2.75) is 64.7 Å². The summed E-state index contributed by atoms with van der Waals surface area (Å²) in [6, 6.07) is 16.6. The summed E-state index contributed by atoms with van der Waals surface area (Å²) in [6.45, 7) is 5.39. The quantitative estimate of drug-likeness (QED) is 0.187. The molecule has 10 nitrogen and oxygen atoms in total. The largest absolute Gasteiger partial charge is 0.481 e. The minimum Gasteiger partial charge on any atom is -0.481 e. The number of hydrogen-bond donors (Lipinski definition) is 2. The van der Waals surface area contributed by atoms with Gasteiger partial charge in [-0.2, -0.15) is 10.4 Å². The number of nitrogens with zero attached hydrogens (tertiary/aromatic N) is 4. The topological polar surface area (TPSA) is 151 Å². The second-order valence-electron chi connectivity index (χ2n) is 14.7. The lowest BCUT2D eigenvalue weighted by Crippen LogP contribution is -2.31. The molecule has 52 heavy (non-hydrogen) atoms. The summed E-state index contributed by atoms with van der Waals surface area (Å²) in [7, 11) is -2.04. The first-order valence-corrected chi connectivity index (χ1v) is 19.0. The Hall–Kier alpha value is -5.09. The molecule has 1 aliphatic rings. The molecular weight excluding hydrogens is 689 g/mol. The van der Waals surface area contributed by atoms with Gasteiger partial charge in [0.2, 0.25) is 0 Å². The van der Waals surface area contributed by atoms with E-state index >= 15 is 8.78 Å². The molecule has 2 N–H and O–H groups in total. The Bertz CT molecular complexity index is 2310. The Morgan fingerprint density at radius 1 is 1.13 bits per heavy atom. The maximum Gasteiger partial charge on any atom is 0.306 e. The number of benzene rings is 3. The van der Waals surface area contributed by atoms with E-state index in [1.807, 2.05) is 38.1 Å². The van der Waals surface area contributed by atoms with Crippen molar-refractivity contribution in [3.63, 3.8) is 0 Å². The van der Waals surface area contributed by atoms with E-state index in [9.17, 15) is 23.6 Å². The van der Waals surface area contributed by atoms with Crippen LogP contribution in [0.5, 0.6) is 11.5 Å². The van der Waals surface area contributed by atoms with Crippen LogP contribution in [0.4, 0.5) is 8.78 Å². The number of ether oxygens (including phenoxy) is 1. The van der Waals surface area contributed by atoms with Gasteiger partial charge in [-0.1, -0.05) is 51.5 Å². The fourth-order valence-electron chi connectivity index (χ4n) is 7.35. The third-order valence-corrected chi connectivity index (χ3v) is 12.1. The fourth-order valence-corrected chi connectivity index (χ4v) is 9.35. The Balaban J connectivity index is 1.54. The van der Waals surface area contributed by atoms with Gasteiger partial charge in [-0.05, 0) is 66.5 Å². The van der Waals surface area contributed by atoms with Gasteiger partial charge >= 0.3 is 5.97 Å². The molecule has 5 aromatic rings. The number of H-pyrrole nitrogens is 1. The van der Waals surface area contributed by atoms with E-state index in [1.165, 1.54) is 28.9 Å². The van der Waals surface area contributed by atoms with Crippen LogP contribution >= 0.6 is 0 Å². The second-order valence-corrected chi connectivity index (χ2v) is 16.8. The van der Waals surface area contributed by atoms with Gasteiger partial charge in [-0.3, -0.25) is 4.79 Å². The van der Waals surface area contributed by atoms with Crippen LogP contribution in [0.25, 0.3) is 22.3 Å². The number of aromatic amines is 1. The van der Waals surface area contributed by atoms with Crippen LogP contribution in [-0.2, 0) is 39.9 Å². The zero-order valence-electron chi connectivity index (χ0n) is 29.5. The number of aryl methyl sites for hydroxylation is 2. The smallest absolute Gasteiger partial charge is 0.306 e. The molecule has 2 aromatic heterocycles. The number of carboxylic acids is 1. The zero-order chi connectivity index (χ0) is 37.4. The van der Waals surface area contributed by atoms with E-state index < -0.39 is 44.2 Å². The molecule has 0 radical (unpaired) electrons. The summed E-state index contributed by atoms with van der Waals surface area (Å²) >= 11 is 0. The first-order chi connectivity index (χ1) is 24.6. The predicted octanol–water partition coefficient (Wildman–Crippen LogP) is 7.66. The normalized spacial score (nSPS) is 19.4. The van der Waals surface area contributed by atoms with Crippen LogP contribution in [0.2, 0.25) is 0 Å². The lowest BCUT2D eigenvalue weighted by atomic mass is 9.71. The molecule has 0 aliphatic carbocycles. The maximum absolute atomic E-state index is 15.7. The number of fused-ring (bicyclic) bond motifs is 8. The molecule has 2 atom stereocenters. The fraction of sp³-hybridized carbons (Fsp3) is 0.385. The molecule has 2 unspecified atom stereocenters. The lowest BCUT2D eigenvalue weighted by molar-refractivity contribution is -0.141. The molecule has 4 bridgehead atoms. The van der Waals surface area contributed by atoms with Crippen molar-refractivity contribution >= 4 is 26.7 Å².